The van der Waals surface area contributed by atoms with Gasteiger partial charge in [0.1, 0.15) is 0 Å². The van der Waals surface area contributed by atoms with Crippen LogP contribution in [0, 0.1) is 5.41 Å². The van der Waals surface area contributed by atoms with Crippen LogP contribution in [0.4, 0.5) is 0 Å². The summed E-state index contributed by atoms with van der Waals surface area (Å²) in [7, 11) is 0. The van der Waals surface area contributed by atoms with E-state index in [9.17, 15) is 0 Å². The molecule has 2 heteroatoms. The maximum absolute atomic E-state index is 3.63. The molecule has 76 valence electrons. The van der Waals surface area contributed by atoms with Crippen molar-refractivity contribution in [2.75, 3.05) is 13.1 Å². The average molecular weight is 182 g/mol. The molecule has 2 aliphatic heterocycles. The lowest BCUT2D eigenvalue weighted by molar-refractivity contribution is 0.193. The molecule has 2 fully saturated rings. The van der Waals surface area contributed by atoms with Crippen molar-refractivity contribution in [3.05, 3.63) is 0 Å². The van der Waals surface area contributed by atoms with Crippen LogP contribution >= 0.6 is 0 Å². The SMILES string of the molecule is CC(C)(C1CCCN1)C1CCCN1. The van der Waals surface area contributed by atoms with Crippen LogP contribution in [0.25, 0.3) is 0 Å². The Morgan fingerprint density at radius 1 is 0.923 bits per heavy atom. The third-order valence-electron chi connectivity index (χ3n) is 3.92. The third kappa shape index (κ3) is 1.75. The highest BCUT2D eigenvalue weighted by Crippen LogP contribution is 2.34. The molecule has 2 heterocycles. The molecule has 0 spiro atoms. The van der Waals surface area contributed by atoms with Crippen LogP contribution in [0.1, 0.15) is 39.5 Å². The molecule has 13 heavy (non-hydrogen) atoms. The lowest BCUT2D eigenvalue weighted by Crippen LogP contribution is -2.49. The van der Waals surface area contributed by atoms with Crippen molar-refractivity contribution in [3.8, 4) is 0 Å². The Kier molecular flexibility index (Phi) is 2.61. The quantitative estimate of drug-likeness (QED) is 0.676. The lowest BCUT2D eigenvalue weighted by atomic mass is 9.76. The Morgan fingerprint density at radius 3 is 1.69 bits per heavy atom. The molecular weight excluding hydrogens is 160 g/mol. The lowest BCUT2D eigenvalue weighted by Gasteiger charge is -2.37. The largest absolute Gasteiger partial charge is 0.313 e. The minimum Gasteiger partial charge on any atom is -0.313 e. The van der Waals surface area contributed by atoms with Gasteiger partial charge in [-0.2, -0.15) is 0 Å². The normalized spacial score (nSPS) is 35.5. The maximum Gasteiger partial charge on any atom is 0.0134 e. The van der Waals surface area contributed by atoms with E-state index >= 15 is 0 Å². The summed E-state index contributed by atoms with van der Waals surface area (Å²) in [5.74, 6) is 0. The number of hydrogen-bond acceptors (Lipinski definition) is 2. The van der Waals surface area contributed by atoms with Crippen molar-refractivity contribution in [1.29, 1.82) is 0 Å². The third-order valence-corrected chi connectivity index (χ3v) is 3.92. The van der Waals surface area contributed by atoms with Crippen LogP contribution in [0.2, 0.25) is 0 Å². The molecule has 2 atom stereocenters. The molecular formula is C11H22N2. The van der Waals surface area contributed by atoms with Gasteiger partial charge >= 0.3 is 0 Å². The standard InChI is InChI=1S/C11H22N2/c1-11(2,9-5-3-7-12-9)10-6-4-8-13-10/h9-10,12-13H,3-8H2,1-2H3. The molecule has 0 aromatic heterocycles. The summed E-state index contributed by atoms with van der Waals surface area (Å²) < 4.78 is 0. The predicted octanol–water partition coefficient (Wildman–Crippen LogP) is 1.52. The van der Waals surface area contributed by atoms with Crippen LogP contribution in [-0.2, 0) is 0 Å². The molecule has 2 N–H and O–H groups in total. The average Bonchev–Trinajstić information content (AvgIpc) is 2.78. The van der Waals surface area contributed by atoms with E-state index in [1.807, 2.05) is 0 Å². The van der Waals surface area contributed by atoms with E-state index in [1.54, 1.807) is 0 Å². The monoisotopic (exact) mass is 182 g/mol. The van der Waals surface area contributed by atoms with Crippen LogP contribution < -0.4 is 10.6 Å². The van der Waals surface area contributed by atoms with Gasteiger partial charge in [-0.3, -0.25) is 0 Å². The second kappa shape index (κ2) is 3.58. The van der Waals surface area contributed by atoms with E-state index in [-0.39, 0.29) is 0 Å². The van der Waals surface area contributed by atoms with Crippen molar-refractivity contribution in [2.45, 2.75) is 51.6 Å². The van der Waals surface area contributed by atoms with Gasteiger partial charge in [-0.1, -0.05) is 13.8 Å². The van der Waals surface area contributed by atoms with Gasteiger partial charge in [-0.25, -0.2) is 0 Å². The van der Waals surface area contributed by atoms with E-state index in [0.717, 1.165) is 12.1 Å². The van der Waals surface area contributed by atoms with E-state index in [0.29, 0.717) is 5.41 Å². The predicted molar refractivity (Wildman–Crippen MR) is 55.8 cm³/mol. The molecule has 2 aliphatic rings. The van der Waals surface area contributed by atoms with E-state index in [4.69, 9.17) is 0 Å². The van der Waals surface area contributed by atoms with Gasteiger partial charge in [0.25, 0.3) is 0 Å². The number of hydrogen-bond donors (Lipinski definition) is 2. The first kappa shape index (κ1) is 9.47. The Balaban J connectivity index is 1.99. The van der Waals surface area contributed by atoms with Gasteiger partial charge in [-0.05, 0) is 44.2 Å². The van der Waals surface area contributed by atoms with Gasteiger partial charge < -0.3 is 10.6 Å². The van der Waals surface area contributed by atoms with Gasteiger partial charge in [0.15, 0.2) is 0 Å². The number of rotatable bonds is 2. The summed E-state index contributed by atoms with van der Waals surface area (Å²) in [6, 6.07) is 1.48. The van der Waals surface area contributed by atoms with Crippen molar-refractivity contribution in [3.63, 3.8) is 0 Å². The minimum absolute atomic E-state index is 0.438. The highest BCUT2D eigenvalue weighted by molar-refractivity contribution is 4.97. The smallest absolute Gasteiger partial charge is 0.0134 e. The van der Waals surface area contributed by atoms with Crippen LogP contribution in [-0.4, -0.2) is 25.2 Å². The molecule has 2 nitrogen and oxygen atoms in total. The zero-order valence-corrected chi connectivity index (χ0v) is 8.90. The molecule has 0 radical (unpaired) electrons. The van der Waals surface area contributed by atoms with Crippen molar-refractivity contribution >= 4 is 0 Å². The van der Waals surface area contributed by atoms with Crippen LogP contribution in [0.15, 0.2) is 0 Å². The molecule has 0 amide bonds. The van der Waals surface area contributed by atoms with Gasteiger partial charge in [0, 0.05) is 12.1 Å². The van der Waals surface area contributed by atoms with E-state index in [2.05, 4.69) is 24.5 Å². The highest BCUT2D eigenvalue weighted by Gasteiger charge is 2.39. The van der Waals surface area contributed by atoms with Gasteiger partial charge in [-0.15, -0.1) is 0 Å². The van der Waals surface area contributed by atoms with Crippen LogP contribution in [0.3, 0.4) is 0 Å². The molecule has 2 unspecified atom stereocenters. The van der Waals surface area contributed by atoms with E-state index < -0.39 is 0 Å². The topological polar surface area (TPSA) is 24.1 Å². The molecule has 2 saturated heterocycles. The second-order valence-electron chi connectivity index (χ2n) is 5.12. The minimum atomic E-state index is 0.438. The fraction of sp³-hybridized carbons (Fsp3) is 1.00. The van der Waals surface area contributed by atoms with Crippen molar-refractivity contribution < 1.29 is 0 Å². The van der Waals surface area contributed by atoms with Crippen molar-refractivity contribution in [2.24, 2.45) is 5.41 Å². The van der Waals surface area contributed by atoms with Gasteiger partial charge in [0.2, 0.25) is 0 Å². The molecule has 0 aromatic carbocycles. The van der Waals surface area contributed by atoms with Crippen molar-refractivity contribution in [1.82, 2.24) is 10.6 Å². The number of nitrogens with one attached hydrogen (secondary N) is 2. The summed E-state index contributed by atoms with van der Waals surface area (Å²) >= 11 is 0. The highest BCUT2D eigenvalue weighted by atomic mass is 15.0. The fourth-order valence-corrected chi connectivity index (χ4v) is 2.88. The second-order valence-corrected chi connectivity index (χ2v) is 5.12. The fourth-order valence-electron chi connectivity index (χ4n) is 2.88. The molecule has 0 saturated carbocycles. The Morgan fingerprint density at radius 2 is 1.38 bits per heavy atom. The Bertz CT molecular complexity index is 147. The zero-order chi connectivity index (χ0) is 9.31. The first-order valence-electron chi connectivity index (χ1n) is 5.68. The molecule has 2 rings (SSSR count). The maximum atomic E-state index is 3.63. The van der Waals surface area contributed by atoms with Crippen LogP contribution in [0.5, 0.6) is 0 Å². The first-order valence-corrected chi connectivity index (χ1v) is 5.68. The zero-order valence-electron chi connectivity index (χ0n) is 8.90. The van der Waals surface area contributed by atoms with E-state index in [1.165, 1.54) is 38.8 Å². The summed E-state index contributed by atoms with van der Waals surface area (Å²) in [4.78, 5) is 0. The van der Waals surface area contributed by atoms with Gasteiger partial charge in [0.05, 0.1) is 0 Å². The summed E-state index contributed by atoms with van der Waals surface area (Å²) in [6.07, 6.45) is 5.46. The summed E-state index contributed by atoms with van der Waals surface area (Å²) in [5.41, 5.74) is 0.438. The molecule has 0 aromatic rings. The molecule has 0 aliphatic carbocycles. The Hall–Kier alpha value is -0.0800. The molecule has 0 bridgehead atoms. The summed E-state index contributed by atoms with van der Waals surface area (Å²) in [6.45, 7) is 7.28. The Labute approximate surface area is 81.5 Å². The first-order chi connectivity index (χ1) is 6.21. The summed E-state index contributed by atoms with van der Waals surface area (Å²) in [5, 5.41) is 7.27.